The predicted octanol–water partition coefficient (Wildman–Crippen LogP) is 6.47. The van der Waals surface area contributed by atoms with E-state index in [2.05, 4.69) is 60.8 Å². The molecule has 0 spiro atoms. The smallest absolute Gasteiger partial charge is 0.318 e. The fourth-order valence-electron chi connectivity index (χ4n) is 4.75. The molecule has 4 aromatic rings. The average molecular weight is 423 g/mol. The van der Waals surface area contributed by atoms with Gasteiger partial charge in [0.25, 0.3) is 0 Å². The van der Waals surface area contributed by atoms with Crippen LogP contribution in [0.1, 0.15) is 47.6 Å². The Morgan fingerprint density at radius 2 is 1.66 bits per heavy atom. The highest BCUT2D eigenvalue weighted by Crippen LogP contribution is 2.38. The molecule has 0 atom stereocenters. The molecule has 0 fully saturated rings. The van der Waals surface area contributed by atoms with Gasteiger partial charge in [0.2, 0.25) is 0 Å². The van der Waals surface area contributed by atoms with E-state index in [-0.39, 0.29) is 5.41 Å². The highest BCUT2D eigenvalue weighted by molar-refractivity contribution is 6.06. The number of hydrogen-bond acceptors (Lipinski definition) is 3. The number of nitrogens with zero attached hydrogens (tertiary/aromatic N) is 2. The van der Waals surface area contributed by atoms with Gasteiger partial charge in [-0.25, -0.2) is 4.79 Å². The minimum atomic E-state index is -0.432. The Labute approximate surface area is 188 Å². The Balaban J connectivity index is 1.53. The molecule has 0 N–H and O–H groups in total. The van der Waals surface area contributed by atoms with Crippen LogP contribution in [0.4, 0.5) is 0 Å². The molecule has 4 nitrogen and oxygen atoms in total. The van der Waals surface area contributed by atoms with Gasteiger partial charge in [0.15, 0.2) is 0 Å². The minimum absolute atomic E-state index is 0.00894. The molecule has 0 saturated heterocycles. The van der Waals surface area contributed by atoms with Crippen molar-refractivity contribution in [3.05, 3.63) is 101 Å². The van der Waals surface area contributed by atoms with Crippen LogP contribution in [0.5, 0.6) is 0 Å². The summed E-state index contributed by atoms with van der Waals surface area (Å²) in [6.45, 7) is 6.57. The molecule has 32 heavy (non-hydrogen) atoms. The number of para-hydroxylation sites is 1. The number of carbonyl (C=O) groups is 1. The number of aromatic nitrogens is 1. The third-order valence-electron chi connectivity index (χ3n) is 6.15. The fourth-order valence-corrected chi connectivity index (χ4v) is 4.75. The largest absolute Gasteiger partial charge is 0.366 e. The predicted molar refractivity (Wildman–Crippen MR) is 129 cm³/mol. The van der Waals surface area contributed by atoms with E-state index in [0.29, 0.717) is 5.56 Å². The summed E-state index contributed by atoms with van der Waals surface area (Å²) in [7, 11) is 0. The van der Waals surface area contributed by atoms with E-state index in [1.807, 2.05) is 42.5 Å². The standard InChI is InChI=1S/C28H26N2O2/c1-19-16-24-25(17-28(2,3)18-26(24)30(19)21-12-5-4-6-13-21)29-32-27(31)23-15-9-11-20-10-7-8-14-22(20)23/h4-16H,17-18H2,1-3H3/b29-25+. The van der Waals surface area contributed by atoms with Crippen molar-refractivity contribution in [1.29, 1.82) is 0 Å². The SMILES string of the molecule is Cc1cc2c(n1-c1ccccc1)CC(C)(C)C/C2=N\OC(=O)c1cccc2ccccc12. The van der Waals surface area contributed by atoms with Crippen LogP contribution in [0.3, 0.4) is 0 Å². The number of fused-ring (bicyclic) bond motifs is 2. The van der Waals surface area contributed by atoms with E-state index in [1.54, 1.807) is 6.07 Å². The van der Waals surface area contributed by atoms with Crippen molar-refractivity contribution in [1.82, 2.24) is 4.57 Å². The van der Waals surface area contributed by atoms with Gasteiger partial charge in [0, 0.05) is 22.6 Å². The first-order chi connectivity index (χ1) is 15.4. The van der Waals surface area contributed by atoms with Crippen molar-refractivity contribution in [2.75, 3.05) is 0 Å². The van der Waals surface area contributed by atoms with Gasteiger partial charge in [0.1, 0.15) is 0 Å². The van der Waals surface area contributed by atoms with Crippen LogP contribution in [-0.2, 0) is 11.3 Å². The molecular weight excluding hydrogens is 396 g/mol. The number of rotatable bonds is 3. The molecule has 3 aromatic carbocycles. The average Bonchev–Trinajstić information content (AvgIpc) is 3.12. The van der Waals surface area contributed by atoms with Gasteiger partial charge in [-0.2, -0.15) is 0 Å². The lowest BCUT2D eigenvalue weighted by atomic mass is 9.76. The Hall–Kier alpha value is -3.66. The molecule has 4 heteroatoms. The van der Waals surface area contributed by atoms with E-state index in [4.69, 9.17) is 4.84 Å². The topological polar surface area (TPSA) is 43.6 Å². The normalized spacial score (nSPS) is 16.2. The molecule has 0 radical (unpaired) electrons. The minimum Gasteiger partial charge on any atom is -0.318 e. The summed E-state index contributed by atoms with van der Waals surface area (Å²) >= 11 is 0. The van der Waals surface area contributed by atoms with Crippen LogP contribution >= 0.6 is 0 Å². The number of oxime groups is 1. The van der Waals surface area contributed by atoms with Gasteiger partial charge < -0.3 is 9.40 Å². The van der Waals surface area contributed by atoms with Crippen LogP contribution < -0.4 is 0 Å². The zero-order valence-corrected chi connectivity index (χ0v) is 18.6. The lowest BCUT2D eigenvalue weighted by molar-refractivity contribution is 0.0516. The Morgan fingerprint density at radius 3 is 2.47 bits per heavy atom. The summed E-state index contributed by atoms with van der Waals surface area (Å²) < 4.78 is 2.29. The molecule has 160 valence electrons. The molecule has 1 aliphatic rings. The molecule has 1 aromatic heterocycles. The molecule has 0 unspecified atom stereocenters. The van der Waals surface area contributed by atoms with Crippen LogP contribution in [-0.4, -0.2) is 16.2 Å². The maximum atomic E-state index is 12.9. The van der Waals surface area contributed by atoms with Crippen molar-refractivity contribution >= 4 is 22.5 Å². The zero-order chi connectivity index (χ0) is 22.3. The summed E-state index contributed by atoms with van der Waals surface area (Å²) in [5, 5.41) is 6.28. The first-order valence-corrected chi connectivity index (χ1v) is 11.0. The number of carbonyl (C=O) groups excluding carboxylic acids is 1. The monoisotopic (exact) mass is 422 g/mol. The first-order valence-electron chi connectivity index (χ1n) is 11.0. The second-order valence-corrected chi connectivity index (χ2v) is 9.28. The van der Waals surface area contributed by atoms with Crippen LogP contribution in [0.15, 0.2) is 84.0 Å². The van der Waals surface area contributed by atoms with Crippen molar-refractivity contribution < 1.29 is 9.63 Å². The molecular formula is C28H26N2O2. The van der Waals surface area contributed by atoms with Gasteiger partial charge >= 0.3 is 5.97 Å². The summed E-state index contributed by atoms with van der Waals surface area (Å²) in [4.78, 5) is 18.5. The van der Waals surface area contributed by atoms with Crippen molar-refractivity contribution in [2.45, 2.75) is 33.6 Å². The van der Waals surface area contributed by atoms with Crippen LogP contribution in [0, 0.1) is 12.3 Å². The maximum Gasteiger partial charge on any atom is 0.366 e. The van der Waals surface area contributed by atoms with Crippen molar-refractivity contribution in [3.8, 4) is 5.69 Å². The van der Waals surface area contributed by atoms with E-state index in [1.165, 1.54) is 5.69 Å². The molecule has 0 aliphatic heterocycles. The van der Waals surface area contributed by atoms with Gasteiger partial charge in [-0.1, -0.05) is 73.6 Å². The summed E-state index contributed by atoms with van der Waals surface area (Å²) in [6, 6.07) is 26.0. The number of hydrogen-bond donors (Lipinski definition) is 0. The quantitative estimate of drug-likeness (QED) is 0.280. The molecule has 0 bridgehead atoms. The maximum absolute atomic E-state index is 12.9. The fraction of sp³-hybridized carbons (Fsp3) is 0.214. The van der Waals surface area contributed by atoms with Crippen molar-refractivity contribution in [3.63, 3.8) is 0 Å². The van der Waals surface area contributed by atoms with Gasteiger partial charge in [-0.15, -0.1) is 0 Å². The third kappa shape index (κ3) is 3.62. The van der Waals surface area contributed by atoms with Crippen LogP contribution in [0.2, 0.25) is 0 Å². The second kappa shape index (κ2) is 7.79. The highest BCUT2D eigenvalue weighted by atomic mass is 16.7. The summed E-state index contributed by atoms with van der Waals surface area (Å²) in [5.41, 5.74) is 5.92. The van der Waals surface area contributed by atoms with E-state index < -0.39 is 5.97 Å². The Morgan fingerprint density at radius 1 is 0.938 bits per heavy atom. The lowest BCUT2D eigenvalue weighted by Crippen LogP contribution is -2.28. The molecule has 0 saturated carbocycles. The van der Waals surface area contributed by atoms with Crippen LogP contribution in [0.25, 0.3) is 16.5 Å². The Bertz CT molecular complexity index is 1340. The zero-order valence-electron chi connectivity index (χ0n) is 18.6. The second-order valence-electron chi connectivity index (χ2n) is 9.28. The van der Waals surface area contributed by atoms with Gasteiger partial charge in [-0.05, 0) is 60.2 Å². The van der Waals surface area contributed by atoms with E-state index >= 15 is 0 Å². The van der Waals surface area contributed by atoms with Gasteiger partial charge in [0.05, 0.1) is 11.3 Å². The first kappa shape index (κ1) is 20.3. The summed E-state index contributed by atoms with van der Waals surface area (Å²) in [5.74, 6) is -0.432. The third-order valence-corrected chi connectivity index (χ3v) is 6.15. The van der Waals surface area contributed by atoms with E-state index in [9.17, 15) is 4.79 Å². The van der Waals surface area contributed by atoms with E-state index in [0.717, 1.165) is 46.3 Å². The molecule has 5 rings (SSSR count). The number of benzene rings is 3. The van der Waals surface area contributed by atoms with Crippen molar-refractivity contribution in [2.24, 2.45) is 10.6 Å². The lowest BCUT2D eigenvalue weighted by Gasteiger charge is -2.31. The molecule has 1 heterocycles. The molecule has 1 aliphatic carbocycles. The summed E-state index contributed by atoms with van der Waals surface area (Å²) in [6.07, 6.45) is 1.68. The van der Waals surface area contributed by atoms with Gasteiger partial charge in [-0.3, -0.25) is 0 Å². The number of aryl methyl sites for hydroxylation is 1. The molecule has 0 amide bonds. The highest BCUT2D eigenvalue weighted by Gasteiger charge is 2.33. The Kier molecular flexibility index (Phi) is 4.93.